The molecule has 27 heavy (non-hydrogen) atoms. The molecule has 0 saturated carbocycles. The van der Waals surface area contributed by atoms with Gasteiger partial charge in [0.1, 0.15) is 5.82 Å². The van der Waals surface area contributed by atoms with E-state index in [-0.39, 0.29) is 5.92 Å². The Morgan fingerprint density at radius 1 is 1.04 bits per heavy atom. The zero-order valence-corrected chi connectivity index (χ0v) is 16.0. The molecular weight excluding hydrogens is 336 g/mol. The average molecular weight is 364 g/mol. The first-order valence-corrected chi connectivity index (χ1v) is 9.97. The first-order valence-electron chi connectivity index (χ1n) is 9.97. The summed E-state index contributed by atoms with van der Waals surface area (Å²) in [7, 11) is 0. The normalized spacial score (nSPS) is 20.7. The Bertz CT molecular complexity index is 754. The van der Waals surface area contributed by atoms with E-state index < -0.39 is 0 Å². The van der Waals surface area contributed by atoms with Crippen LogP contribution in [-0.2, 0) is 4.79 Å². The number of aryl methyl sites for hydroxylation is 1. The fourth-order valence-electron chi connectivity index (χ4n) is 4.11. The molecule has 1 atom stereocenters. The molecule has 5 nitrogen and oxygen atoms in total. The summed E-state index contributed by atoms with van der Waals surface area (Å²) in [5.41, 5.74) is 2.31. The molecular formula is C22H28N4O. The van der Waals surface area contributed by atoms with Crippen LogP contribution >= 0.6 is 0 Å². The first-order chi connectivity index (χ1) is 13.2. The Balaban J connectivity index is 1.27. The SMILES string of the molecule is Cc1ccc(N2CCC(C(=O)N3CCC(Nc4ccccc4)C3)CC2)nc1. The molecule has 2 aliphatic heterocycles. The molecule has 0 radical (unpaired) electrons. The van der Waals surface area contributed by atoms with Gasteiger partial charge in [-0.1, -0.05) is 24.3 Å². The van der Waals surface area contributed by atoms with Gasteiger partial charge in [0.25, 0.3) is 0 Å². The van der Waals surface area contributed by atoms with Crippen LogP contribution in [0.15, 0.2) is 48.7 Å². The smallest absolute Gasteiger partial charge is 0.225 e. The zero-order chi connectivity index (χ0) is 18.6. The van der Waals surface area contributed by atoms with Crippen LogP contribution in [0, 0.1) is 12.8 Å². The van der Waals surface area contributed by atoms with Gasteiger partial charge in [-0.05, 0) is 49.9 Å². The van der Waals surface area contributed by atoms with Crippen LogP contribution in [0.5, 0.6) is 0 Å². The number of hydrogen-bond donors (Lipinski definition) is 1. The molecule has 1 amide bonds. The van der Waals surface area contributed by atoms with E-state index in [2.05, 4.69) is 51.3 Å². The van der Waals surface area contributed by atoms with E-state index in [1.165, 1.54) is 5.56 Å². The average Bonchev–Trinajstić information content (AvgIpc) is 3.17. The summed E-state index contributed by atoms with van der Waals surface area (Å²) in [6.07, 6.45) is 4.77. The Hall–Kier alpha value is -2.56. The maximum absolute atomic E-state index is 13.0. The van der Waals surface area contributed by atoms with Crippen molar-refractivity contribution < 1.29 is 4.79 Å². The van der Waals surface area contributed by atoms with Crippen LogP contribution in [0.4, 0.5) is 11.5 Å². The van der Waals surface area contributed by atoms with Crippen molar-refractivity contribution in [3.63, 3.8) is 0 Å². The minimum Gasteiger partial charge on any atom is -0.380 e. The molecule has 2 fully saturated rings. The number of amides is 1. The Labute approximate surface area is 161 Å². The number of rotatable bonds is 4. The van der Waals surface area contributed by atoms with E-state index in [0.29, 0.717) is 11.9 Å². The molecule has 0 aliphatic carbocycles. The lowest BCUT2D eigenvalue weighted by molar-refractivity contribution is -0.135. The number of piperidine rings is 1. The minimum atomic E-state index is 0.155. The van der Waals surface area contributed by atoms with Gasteiger partial charge in [0.2, 0.25) is 5.91 Å². The number of aromatic nitrogens is 1. The molecule has 4 rings (SSSR count). The van der Waals surface area contributed by atoms with Crippen LogP contribution in [0.1, 0.15) is 24.8 Å². The second kappa shape index (κ2) is 7.99. The summed E-state index contributed by atoms with van der Waals surface area (Å²) in [4.78, 5) is 21.8. The molecule has 2 saturated heterocycles. The number of para-hydroxylation sites is 1. The van der Waals surface area contributed by atoms with Gasteiger partial charge >= 0.3 is 0 Å². The van der Waals surface area contributed by atoms with Gasteiger partial charge in [-0.15, -0.1) is 0 Å². The lowest BCUT2D eigenvalue weighted by Gasteiger charge is -2.34. The highest BCUT2D eigenvalue weighted by atomic mass is 16.2. The van der Waals surface area contributed by atoms with E-state index in [9.17, 15) is 4.79 Å². The molecule has 1 aromatic carbocycles. The quantitative estimate of drug-likeness (QED) is 0.904. The summed E-state index contributed by atoms with van der Waals surface area (Å²) in [5.74, 6) is 1.52. The highest BCUT2D eigenvalue weighted by Crippen LogP contribution is 2.25. The van der Waals surface area contributed by atoms with Gasteiger partial charge in [0.15, 0.2) is 0 Å². The summed E-state index contributed by atoms with van der Waals surface area (Å²) < 4.78 is 0. The van der Waals surface area contributed by atoms with Gasteiger partial charge in [0.05, 0.1) is 0 Å². The van der Waals surface area contributed by atoms with Crippen LogP contribution in [0.25, 0.3) is 0 Å². The lowest BCUT2D eigenvalue weighted by Crippen LogP contribution is -2.42. The van der Waals surface area contributed by atoms with Crippen LogP contribution < -0.4 is 10.2 Å². The molecule has 0 bridgehead atoms. The second-order valence-corrected chi connectivity index (χ2v) is 7.74. The third-order valence-corrected chi connectivity index (χ3v) is 5.71. The predicted octanol–water partition coefficient (Wildman–Crippen LogP) is 3.32. The molecule has 2 aliphatic rings. The maximum atomic E-state index is 13.0. The predicted molar refractivity (Wildman–Crippen MR) is 109 cm³/mol. The van der Waals surface area contributed by atoms with Gasteiger partial charge in [-0.2, -0.15) is 0 Å². The molecule has 2 aromatic rings. The summed E-state index contributed by atoms with van der Waals surface area (Å²) >= 11 is 0. The summed E-state index contributed by atoms with van der Waals surface area (Å²) in [6.45, 7) is 5.55. The van der Waals surface area contributed by atoms with Crippen LogP contribution in [-0.4, -0.2) is 48.0 Å². The number of nitrogens with zero attached hydrogens (tertiary/aromatic N) is 3. The van der Waals surface area contributed by atoms with Crippen molar-refractivity contribution in [3.8, 4) is 0 Å². The van der Waals surface area contributed by atoms with Crippen LogP contribution in [0.3, 0.4) is 0 Å². The highest BCUT2D eigenvalue weighted by molar-refractivity contribution is 5.79. The van der Waals surface area contributed by atoms with Crippen molar-refractivity contribution in [3.05, 3.63) is 54.2 Å². The largest absolute Gasteiger partial charge is 0.380 e. The van der Waals surface area contributed by atoms with Crippen LogP contribution in [0.2, 0.25) is 0 Å². The number of carbonyl (C=O) groups excluding carboxylic acids is 1. The summed E-state index contributed by atoms with van der Waals surface area (Å²) in [6, 6.07) is 14.8. The van der Waals surface area contributed by atoms with Crippen molar-refractivity contribution in [1.29, 1.82) is 0 Å². The third-order valence-electron chi connectivity index (χ3n) is 5.71. The number of benzene rings is 1. The van der Waals surface area contributed by atoms with Crippen molar-refractivity contribution in [2.24, 2.45) is 5.92 Å². The molecule has 0 spiro atoms. The number of carbonyl (C=O) groups is 1. The van der Waals surface area contributed by atoms with E-state index in [0.717, 1.165) is 56.9 Å². The fourth-order valence-corrected chi connectivity index (χ4v) is 4.11. The minimum absolute atomic E-state index is 0.155. The maximum Gasteiger partial charge on any atom is 0.225 e. The van der Waals surface area contributed by atoms with Gasteiger partial charge < -0.3 is 15.1 Å². The monoisotopic (exact) mass is 364 g/mol. The zero-order valence-electron chi connectivity index (χ0n) is 16.0. The number of anilines is 2. The standard InChI is InChI=1S/C22H28N4O/c1-17-7-8-21(23-15-17)25-12-9-18(10-13-25)22(27)26-14-11-20(16-26)24-19-5-3-2-4-6-19/h2-8,15,18,20,24H,9-14,16H2,1H3. The number of nitrogens with one attached hydrogen (secondary N) is 1. The molecule has 1 N–H and O–H groups in total. The summed E-state index contributed by atoms with van der Waals surface area (Å²) in [5, 5.41) is 3.55. The first kappa shape index (κ1) is 17.8. The third kappa shape index (κ3) is 4.24. The van der Waals surface area contributed by atoms with E-state index >= 15 is 0 Å². The van der Waals surface area contributed by atoms with Crippen molar-refractivity contribution in [2.45, 2.75) is 32.2 Å². The lowest BCUT2D eigenvalue weighted by atomic mass is 9.95. The molecule has 5 heteroatoms. The Kier molecular flexibility index (Phi) is 5.28. The molecule has 1 unspecified atom stereocenters. The second-order valence-electron chi connectivity index (χ2n) is 7.74. The highest BCUT2D eigenvalue weighted by Gasteiger charge is 2.33. The molecule has 142 valence electrons. The van der Waals surface area contributed by atoms with E-state index in [1.807, 2.05) is 24.4 Å². The van der Waals surface area contributed by atoms with E-state index in [4.69, 9.17) is 0 Å². The molecule has 3 heterocycles. The van der Waals surface area contributed by atoms with E-state index in [1.54, 1.807) is 0 Å². The van der Waals surface area contributed by atoms with Gasteiger partial charge in [0, 0.05) is 50.0 Å². The molecule has 1 aromatic heterocycles. The fraction of sp³-hybridized carbons (Fsp3) is 0.455. The Morgan fingerprint density at radius 2 is 1.81 bits per heavy atom. The van der Waals surface area contributed by atoms with Crippen molar-refractivity contribution in [2.75, 3.05) is 36.4 Å². The topological polar surface area (TPSA) is 48.5 Å². The number of hydrogen-bond acceptors (Lipinski definition) is 4. The van der Waals surface area contributed by atoms with Crippen molar-refractivity contribution in [1.82, 2.24) is 9.88 Å². The van der Waals surface area contributed by atoms with Crippen molar-refractivity contribution >= 4 is 17.4 Å². The number of likely N-dealkylation sites (tertiary alicyclic amines) is 1. The van der Waals surface area contributed by atoms with Gasteiger partial charge in [-0.3, -0.25) is 4.79 Å². The number of pyridine rings is 1. The van der Waals surface area contributed by atoms with Gasteiger partial charge in [-0.25, -0.2) is 4.98 Å². The Morgan fingerprint density at radius 3 is 2.52 bits per heavy atom.